The van der Waals surface area contributed by atoms with Crippen LogP contribution in [0.1, 0.15) is 0 Å². The van der Waals surface area contributed by atoms with Crippen molar-refractivity contribution < 1.29 is 0 Å². The standard InChI is InChI=1S/C14H14Ge/c1-2-15(13-9-5-3-6-10-13)14-11-7-4-8-12-14/h2-12,15H,1H2. The Hall–Kier alpha value is -1.28. The molecule has 0 saturated heterocycles. The molecule has 0 bridgehead atoms. The quantitative estimate of drug-likeness (QED) is 0.733. The van der Waals surface area contributed by atoms with Gasteiger partial charge >= 0.3 is 95.3 Å². The van der Waals surface area contributed by atoms with Crippen molar-refractivity contribution in [3.05, 3.63) is 72.2 Å². The first-order valence-electron chi connectivity index (χ1n) is 5.14. The molecule has 74 valence electrons. The maximum atomic E-state index is 4.00. The molecule has 2 rings (SSSR count). The molecule has 2 aromatic carbocycles. The van der Waals surface area contributed by atoms with Gasteiger partial charge in [0.05, 0.1) is 0 Å². The Morgan fingerprint density at radius 2 is 1.13 bits per heavy atom. The number of benzene rings is 2. The Kier molecular flexibility index (Phi) is 3.41. The number of rotatable bonds is 3. The Balaban J connectivity index is 2.38. The van der Waals surface area contributed by atoms with Gasteiger partial charge in [-0.15, -0.1) is 0 Å². The summed E-state index contributed by atoms with van der Waals surface area (Å²) in [6.45, 7) is 4.00. The van der Waals surface area contributed by atoms with E-state index in [-0.39, 0.29) is 0 Å². The first-order chi connectivity index (χ1) is 7.42. The van der Waals surface area contributed by atoms with Gasteiger partial charge in [-0.2, -0.15) is 0 Å². The average molecular weight is 255 g/mol. The third-order valence-electron chi connectivity index (χ3n) is 2.55. The van der Waals surface area contributed by atoms with Gasteiger partial charge in [0.25, 0.3) is 0 Å². The molecule has 0 radical (unpaired) electrons. The average Bonchev–Trinajstić information content (AvgIpc) is 2.33. The van der Waals surface area contributed by atoms with Crippen molar-refractivity contribution >= 4 is 23.1 Å². The van der Waals surface area contributed by atoms with Crippen molar-refractivity contribution in [2.24, 2.45) is 0 Å². The molecule has 0 N–H and O–H groups in total. The van der Waals surface area contributed by atoms with Crippen LogP contribution in [0.25, 0.3) is 0 Å². The van der Waals surface area contributed by atoms with E-state index >= 15 is 0 Å². The molecule has 0 spiro atoms. The van der Waals surface area contributed by atoms with Crippen molar-refractivity contribution in [1.82, 2.24) is 0 Å². The first kappa shape index (κ1) is 10.2. The molecule has 0 atom stereocenters. The van der Waals surface area contributed by atoms with E-state index in [1.807, 2.05) is 0 Å². The zero-order valence-corrected chi connectivity index (χ0v) is 11.1. The van der Waals surface area contributed by atoms with Gasteiger partial charge in [0.1, 0.15) is 0 Å². The summed E-state index contributed by atoms with van der Waals surface area (Å²) >= 11 is -1.68. The van der Waals surface area contributed by atoms with Crippen molar-refractivity contribution in [2.45, 2.75) is 0 Å². The summed E-state index contributed by atoms with van der Waals surface area (Å²) in [6, 6.07) is 21.5. The summed E-state index contributed by atoms with van der Waals surface area (Å²) in [6.07, 6.45) is 0. The van der Waals surface area contributed by atoms with E-state index in [2.05, 4.69) is 72.2 Å². The molecule has 1 heteroatoms. The molecule has 0 saturated carbocycles. The van der Waals surface area contributed by atoms with Gasteiger partial charge in [-0.1, -0.05) is 0 Å². The first-order valence-corrected chi connectivity index (χ1v) is 8.96. The van der Waals surface area contributed by atoms with Gasteiger partial charge < -0.3 is 0 Å². The van der Waals surface area contributed by atoms with E-state index in [9.17, 15) is 0 Å². The molecule has 0 aromatic heterocycles. The van der Waals surface area contributed by atoms with Crippen LogP contribution in [0.3, 0.4) is 0 Å². The van der Waals surface area contributed by atoms with Gasteiger partial charge in [0.15, 0.2) is 0 Å². The molecule has 15 heavy (non-hydrogen) atoms. The van der Waals surface area contributed by atoms with Crippen LogP contribution in [0.15, 0.2) is 72.2 Å². The molecule has 0 unspecified atom stereocenters. The van der Waals surface area contributed by atoms with Crippen LogP contribution in [0.2, 0.25) is 0 Å². The van der Waals surface area contributed by atoms with Crippen LogP contribution in [-0.4, -0.2) is 14.3 Å². The second-order valence-corrected chi connectivity index (χ2v) is 9.33. The van der Waals surface area contributed by atoms with E-state index in [1.54, 1.807) is 0 Å². The summed E-state index contributed by atoms with van der Waals surface area (Å²) < 4.78 is 2.96. The van der Waals surface area contributed by atoms with Gasteiger partial charge in [0.2, 0.25) is 0 Å². The predicted octanol–water partition coefficient (Wildman–Crippen LogP) is 1.75. The minimum absolute atomic E-state index is 1.48. The van der Waals surface area contributed by atoms with Gasteiger partial charge in [-0.3, -0.25) is 0 Å². The van der Waals surface area contributed by atoms with Crippen LogP contribution in [0.5, 0.6) is 0 Å². The zero-order valence-electron chi connectivity index (χ0n) is 8.64. The summed E-state index contributed by atoms with van der Waals surface area (Å²) in [5.41, 5.74) is 0. The predicted molar refractivity (Wildman–Crippen MR) is 69.5 cm³/mol. The molecule has 0 aliphatic heterocycles. The monoisotopic (exact) mass is 256 g/mol. The van der Waals surface area contributed by atoms with E-state index in [1.165, 1.54) is 8.79 Å². The summed E-state index contributed by atoms with van der Waals surface area (Å²) in [5, 5.41) is 0. The number of hydrogen-bond acceptors (Lipinski definition) is 0. The van der Waals surface area contributed by atoms with E-state index in [4.69, 9.17) is 0 Å². The zero-order chi connectivity index (χ0) is 10.5. The molecule has 0 amide bonds. The van der Waals surface area contributed by atoms with Crippen LogP contribution >= 0.6 is 0 Å². The molecule has 0 aliphatic rings. The summed E-state index contributed by atoms with van der Waals surface area (Å²) in [7, 11) is 0. The molecule has 0 aliphatic carbocycles. The summed E-state index contributed by atoms with van der Waals surface area (Å²) in [4.78, 5) is 2.18. The second kappa shape index (κ2) is 4.99. The van der Waals surface area contributed by atoms with E-state index in [0.29, 0.717) is 0 Å². The van der Waals surface area contributed by atoms with Gasteiger partial charge in [-0.05, 0) is 0 Å². The van der Waals surface area contributed by atoms with Crippen LogP contribution in [-0.2, 0) is 0 Å². The molecular formula is C14H14Ge. The van der Waals surface area contributed by atoms with E-state index < -0.39 is 14.3 Å². The van der Waals surface area contributed by atoms with E-state index in [0.717, 1.165) is 0 Å². The fourth-order valence-corrected chi connectivity index (χ4v) is 6.41. The van der Waals surface area contributed by atoms with Crippen LogP contribution < -0.4 is 8.79 Å². The molecule has 0 heterocycles. The Morgan fingerprint density at radius 3 is 1.47 bits per heavy atom. The van der Waals surface area contributed by atoms with Crippen LogP contribution in [0.4, 0.5) is 0 Å². The van der Waals surface area contributed by atoms with Gasteiger partial charge in [-0.25, -0.2) is 0 Å². The molecule has 0 nitrogen and oxygen atoms in total. The van der Waals surface area contributed by atoms with Crippen molar-refractivity contribution in [2.75, 3.05) is 0 Å². The molecule has 2 aromatic rings. The fraction of sp³-hybridized carbons (Fsp3) is 0. The van der Waals surface area contributed by atoms with Crippen LogP contribution in [0, 0.1) is 0 Å². The topological polar surface area (TPSA) is 0 Å². The second-order valence-electron chi connectivity index (χ2n) is 3.53. The minimum atomic E-state index is -1.68. The third-order valence-corrected chi connectivity index (χ3v) is 8.17. The van der Waals surface area contributed by atoms with Crippen molar-refractivity contribution in [3.63, 3.8) is 0 Å². The molecular weight excluding hydrogens is 241 g/mol. The SMILES string of the molecule is C=[CH][GeH]([c]1ccccc1)[c]1ccccc1. The fourth-order valence-electron chi connectivity index (χ4n) is 1.79. The van der Waals surface area contributed by atoms with Gasteiger partial charge in [0, 0.05) is 0 Å². The molecule has 0 fully saturated rings. The van der Waals surface area contributed by atoms with Crippen molar-refractivity contribution in [3.8, 4) is 0 Å². The summed E-state index contributed by atoms with van der Waals surface area (Å²) in [5.74, 6) is 0. The normalized spacial score (nSPS) is 10.2. The van der Waals surface area contributed by atoms with Crippen molar-refractivity contribution in [1.29, 1.82) is 0 Å². The Labute approximate surface area is 95.4 Å². The maximum absolute atomic E-state index is 4.00. The number of hydrogen-bond donors (Lipinski definition) is 0. The third kappa shape index (κ3) is 2.39. The Morgan fingerprint density at radius 1 is 0.733 bits per heavy atom. The Bertz CT molecular complexity index is 380.